The number of halogens is 1. The van der Waals surface area contributed by atoms with Gasteiger partial charge in [0, 0.05) is 0 Å². The van der Waals surface area contributed by atoms with Crippen molar-refractivity contribution in [2.24, 2.45) is 11.8 Å². The largest absolute Gasteiger partial charge is 0.469 e. The van der Waals surface area contributed by atoms with Gasteiger partial charge in [-0.15, -0.1) is 0 Å². The predicted octanol–water partition coefficient (Wildman–Crippen LogP) is 6.90. The molecule has 6 heteroatoms. The summed E-state index contributed by atoms with van der Waals surface area (Å²) in [5, 5.41) is 3.58. The third-order valence-electron chi connectivity index (χ3n) is 7.60. The van der Waals surface area contributed by atoms with Gasteiger partial charge in [0.05, 0.1) is 37.8 Å². The molecule has 4 aromatic rings. The lowest BCUT2D eigenvalue weighted by atomic mass is 9.76. The molecule has 1 N–H and O–H groups in total. The zero-order chi connectivity index (χ0) is 30.7. The molecule has 0 fully saturated rings. The van der Waals surface area contributed by atoms with Crippen molar-refractivity contribution in [3.8, 4) is 0 Å². The van der Waals surface area contributed by atoms with E-state index in [1.165, 1.54) is 7.11 Å². The molecule has 0 radical (unpaired) electrons. The number of methoxy groups -OCH3 is 1. The summed E-state index contributed by atoms with van der Waals surface area (Å²) in [6, 6.07) is 37.8. The van der Waals surface area contributed by atoms with Gasteiger partial charge in [0.1, 0.15) is 0 Å². The first-order chi connectivity index (χ1) is 20.9. The fourth-order valence-corrected chi connectivity index (χ4v) is 5.52. The van der Waals surface area contributed by atoms with Crippen LogP contribution >= 0.6 is 0 Å². The standard InChI is InChI=1S/C37H40FNO4/c1-27(2)24-32(36(41)42-3)34(38)35(40)33(26-43-25-28-16-8-4-9-17-28)39-37(29-18-10-5-11-19-29,30-20-12-6-13-21-30)31-22-14-7-15-23-31/h4-23,27,32-34,39H,24-26H2,1-3H3/t32-,33-,34+/m0/s1. The Morgan fingerprint density at radius 2 is 1.19 bits per heavy atom. The van der Waals surface area contributed by atoms with Crippen LogP contribution < -0.4 is 5.32 Å². The summed E-state index contributed by atoms with van der Waals surface area (Å²) in [5.74, 6) is -2.74. The molecule has 0 unspecified atom stereocenters. The number of Topliss-reactive ketones (excluding diaryl/α,β-unsaturated/α-hetero) is 1. The number of alkyl halides is 1. The number of hydrogen-bond acceptors (Lipinski definition) is 5. The van der Waals surface area contributed by atoms with E-state index in [0.717, 1.165) is 22.3 Å². The van der Waals surface area contributed by atoms with Crippen LogP contribution in [0.15, 0.2) is 121 Å². The highest BCUT2D eigenvalue weighted by molar-refractivity contribution is 5.92. The molecule has 0 spiro atoms. The summed E-state index contributed by atoms with van der Waals surface area (Å²) in [6.45, 7) is 3.90. The van der Waals surface area contributed by atoms with Crippen LogP contribution in [0.3, 0.4) is 0 Å². The van der Waals surface area contributed by atoms with E-state index in [1.54, 1.807) is 0 Å². The fourth-order valence-electron chi connectivity index (χ4n) is 5.52. The van der Waals surface area contributed by atoms with Crippen LogP contribution in [0.4, 0.5) is 4.39 Å². The second kappa shape index (κ2) is 15.4. The molecule has 4 aromatic carbocycles. The van der Waals surface area contributed by atoms with E-state index in [2.05, 4.69) is 5.32 Å². The smallest absolute Gasteiger partial charge is 0.312 e. The van der Waals surface area contributed by atoms with Crippen molar-refractivity contribution in [1.82, 2.24) is 5.32 Å². The average molecular weight is 582 g/mol. The maximum atomic E-state index is 16.3. The zero-order valence-electron chi connectivity index (χ0n) is 25.0. The summed E-state index contributed by atoms with van der Waals surface area (Å²) in [5.41, 5.74) is 2.50. The van der Waals surface area contributed by atoms with E-state index in [1.807, 2.05) is 135 Å². The molecular formula is C37H40FNO4. The van der Waals surface area contributed by atoms with Gasteiger partial charge in [0.2, 0.25) is 0 Å². The normalized spacial score (nSPS) is 13.7. The van der Waals surface area contributed by atoms with E-state index in [4.69, 9.17) is 9.47 Å². The van der Waals surface area contributed by atoms with Crippen molar-refractivity contribution >= 4 is 11.8 Å². The number of benzene rings is 4. The number of rotatable bonds is 15. The van der Waals surface area contributed by atoms with Gasteiger partial charge < -0.3 is 9.47 Å². The third-order valence-corrected chi connectivity index (χ3v) is 7.60. The quantitative estimate of drug-likeness (QED) is 0.122. The van der Waals surface area contributed by atoms with Gasteiger partial charge in [-0.3, -0.25) is 14.9 Å². The van der Waals surface area contributed by atoms with Gasteiger partial charge in [0.25, 0.3) is 0 Å². The van der Waals surface area contributed by atoms with E-state index < -0.39 is 35.4 Å². The molecule has 0 aliphatic rings. The first kappa shape index (κ1) is 31.8. The monoisotopic (exact) mass is 581 g/mol. The Morgan fingerprint density at radius 3 is 1.60 bits per heavy atom. The van der Waals surface area contributed by atoms with Crippen LogP contribution in [0.25, 0.3) is 0 Å². The van der Waals surface area contributed by atoms with Crippen molar-refractivity contribution in [2.45, 2.75) is 44.6 Å². The fraction of sp³-hybridized carbons (Fsp3) is 0.297. The summed E-state index contributed by atoms with van der Waals surface area (Å²) in [4.78, 5) is 26.9. The molecule has 5 nitrogen and oxygen atoms in total. The second-order valence-corrected chi connectivity index (χ2v) is 11.1. The van der Waals surface area contributed by atoms with Crippen LogP contribution in [0, 0.1) is 11.8 Å². The molecule has 3 atom stereocenters. The van der Waals surface area contributed by atoms with Crippen molar-refractivity contribution in [2.75, 3.05) is 13.7 Å². The molecule has 224 valence electrons. The van der Waals surface area contributed by atoms with E-state index >= 15 is 4.39 Å². The van der Waals surface area contributed by atoms with Gasteiger partial charge in [-0.1, -0.05) is 135 Å². The Kier molecular flexibility index (Phi) is 11.4. The Labute approximate surface area is 254 Å². The zero-order valence-corrected chi connectivity index (χ0v) is 25.0. The van der Waals surface area contributed by atoms with Crippen molar-refractivity contribution in [3.63, 3.8) is 0 Å². The third kappa shape index (κ3) is 7.83. The molecule has 0 aliphatic carbocycles. The minimum absolute atomic E-state index is 0.0204. The average Bonchev–Trinajstić information content (AvgIpc) is 3.06. The van der Waals surface area contributed by atoms with Crippen molar-refractivity contribution in [1.29, 1.82) is 0 Å². The maximum absolute atomic E-state index is 16.3. The van der Waals surface area contributed by atoms with Crippen molar-refractivity contribution < 1.29 is 23.5 Å². The van der Waals surface area contributed by atoms with Gasteiger partial charge in [-0.25, -0.2) is 4.39 Å². The van der Waals surface area contributed by atoms with Crippen LogP contribution in [-0.4, -0.2) is 37.7 Å². The van der Waals surface area contributed by atoms with Gasteiger partial charge in [-0.2, -0.15) is 0 Å². The Hall–Kier alpha value is -4.13. The van der Waals surface area contributed by atoms with Gasteiger partial charge in [0.15, 0.2) is 12.0 Å². The highest BCUT2D eigenvalue weighted by Gasteiger charge is 2.44. The molecule has 43 heavy (non-hydrogen) atoms. The second-order valence-electron chi connectivity index (χ2n) is 11.1. The molecule has 0 aromatic heterocycles. The molecule has 4 rings (SSSR count). The number of carbonyl (C=O) groups excluding carboxylic acids is 2. The Balaban J connectivity index is 1.82. The van der Waals surface area contributed by atoms with E-state index in [0.29, 0.717) is 0 Å². The minimum atomic E-state index is -2.09. The van der Waals surface area contributed by atoms with Crippen LogP contribution in [0.2, 0.25) is 0 Å². The van der Waals surface area contributed by atoms with Crippen molar-refractivity contribution in [3.05, 3.63) is 144 Å². The number of ether oxygens (including phenoxy) is 2. The summed E-state index contributed by atoms with van der Waals surface area (Å²) in [7, 11) is 1.22. The summed E-state index contributed by atoms with van der Waals surface area (Å²) >= 11 is 0. The Bertz CT molecular complexity index is 1320. The molecule has 0 amide bonds. The Morgan fingerprint density at radius 1 is 0.744 bits per heavy atom. The molecule has 0 heterocycles. The first-order valence-electron chi connectivity index (χ1n) is 14.7. The van der Waals surface area contributed by atoms with Gasteiger partial charge in [-0.05, 0) is 34.6 Å². The SMILES string of the molecule is COC(=O)[C@@H](CC(C)C)[C@@H](F)C(=O)[C@H](COCc1ccccc1)NC(c1ccccc1)(c1ccccc1)c1ccccc1. The number of nitrogens with one attached hydrogen (secondary N) is 1. The molecular weight excluding hydrogens is 541 g/mol. The lowest BCUT2D eigenvalue weighted by Gasteiger charge is -2.40. The lowest BCUT2D eigenvalue weighted by Crippen LogP contribution is -2.56. The van der Waals surface area contributed by atoms with E-state index in [9.17, 15) is 9.59 Å². The molecule has 0 saturated carbocycles. The number of ketones is 1. The number of hydrogen-bond donors (Lipinski definition) is 1. The highest BCUT2D eigenvalue weighted by Crippen LogP contribution is 2.38. The van der Waals surface area contributed by atoms with Crippen LogP contribution in [0.1, 0.15) is 42.5 Å². The summed E-state index contributed by atoms with van der Waals surface area (Å²) < 4.78 is 27.3. The van der Waals surface area contributed by atoms with Crippen LogP contribution in [0.5, 0.6) is 0 Å². The van der Waals surface area contributed by atoms with Gasteiger partial charge >= 0.3 is 5.97 Å². The first-order valence-corrected chi connectivity index (χ1v) is 14.7. The molecule has 0 aliphatic heterocycles. The topological polar surface area (TPSA) is 64.6 Å². The maximum Gasteiger partial charge on any atom is 0.312 e. The van der Waals surface area contributed by atoms with Crippen LogP contribution in [-0.2, 0) is 31.2 Å². The molecule has 0 bridgehead atoms. The summed E-state index contributed by atoms with van der Waals surface area (Å²) in [6.07, 6.45) is -1.91. The number of carbonyl (C=O) groups is 2. The highest BCUT2D eigenvalue weighted by atomic mass is 19.1. The van der Waals surface area contributed by atoms with E-state index in [-0.39, 0.29) is 25.6 Å². The predicted molar refractivity (Wildman–Crippen MR) is 167 cm³/mol. The number of esters is 1. The minimum Gasteiger partial charge on any atom is -0.469 e. The molecule has 0 saturated heterocycles. The lowest BCUT2D eigenvalue weighted by molar-refractivity contribution is -0.152.